The molecular formula is C20H25N. The predicted molar refractivity (Wildman–Crippen MR) is 89.8 cm³/mol. The van der Waals surface area contributed by atoms with E-state index in [1.165, 1.54) is 18.4 Å². The topological polar surface area (TPSA) is 12.0 Å². The second-order valence-corrected chi connectivity index (χ2v) is 6.20. The van der Waals surface area contributed by atoms with Gasteiger partial charge >= 0.3 is 0 Å². The minimum Gasteiger partial charge on any atom is -0.314 e. The van der Waals surface area contributed by atoms with Crippen LogP contribution >= 0.6 is 0 Å². The Hall–Kier alpha value is -1.60. The van der Waals surface area contributed by atoms with E-state index in [-0.39, 0.29) is 0 Å². The molecule has 0 aliphatic heterocycles. The van der Waals surface area contributed by atoms with E-state index in [9.17, 15) is 0 Å². The smallest absolute Gasteiger partial charge is 0.0139 e. The highest BCUT2D eigenvalue weighted by molar-refractivity contribution is 5.40. The van der Waals surface area contributed by atoms with Crippen LogP contribution in [-0.2, 0) is 6.42 Å². The summed E-state index contributed by atoms with van der Waals surface area (Å²) in [6.45, 7) is 5.60. The molecule has 1 heteroatoms. The first-order valence-corrected chi connectivity index (χ1v) is 8.15. The molecule has 2 aromatic carbocycles. The molecule has 0 saturated carbocycles. The maximum Gasteiger partial charge on any atom is 0.0139 e. The predicted octanol–water partition coefficient (Wildman–Crippen LogP) is 4.50. The van der Waals surface area contributed by atoms with E-state index in [2.05, 4.69) is 73.8 Å². The summed E-state index contributed by atoms with van der Waals surface area (Å²) in [5, 5.41) is 3.71. The summed E-state index contributed by atoms with van der Waals surface area (Å²) in [6.07, 6.45) is 2.49. The van der Waals surface area contributed by atoms with Crippen molar-refractivity contribution in [3.8, 4) is 0 Å². The lowest BCUT2D eigenvalue weighted by atomic mass is 9.72. The number of nitrogens with one attached hydrogen (secondary N) is 1. The lowest BCUT2D eigenvalue weighted by Crippen LogP contribution is -2.37. The summed E-state index contributed by atoms with van der Waals surface area (Å²) in [5.41, 5.74) is 4.56. The zero-order chi connectivity index (χ0) is 14.7. The summed E-state index contributed by atoms with van der Waals surface area (Å²) < 4.78 is 0. The van der Waals surface area contributed by atoms with Crippen molar-refractivity contribution in [3.05, 3.63) is 71.3 Å². The van der Waals surface area contributed by atoms with Gasteiger partial charge in [-0.05, 0) is 47.9 Å². The number of benzene rings is 2. The molecule has 0 amide bonds. The summed E-state index contributed by atoms with van der Waals surface area (Å²) in [5.74, 6) is 1.29. The lowest BCUT2D eigenvalue weighted by Gasteiger charge is -2.35. The number of hydrogen-bond acceptors (Lipinski definition) is 1. The first kappa shape index (κ1) is 14.3. The summed E-state index contributed by atoms with van der Waals surface area (Å²) in [4.78, 5) is 0. The normalized spacial score (nSPS) is 19.4. The highest BCUT2D eigenvalue weighted by atomic mass is 14.9. The molecule has 0 fully saturated rings. The highest BCUT2D eigenvalue weighted by Gasteiger charge is 2.30. The molecular weight excluding hydrogens is 254 g/mol. The van der Waals surface area contributed by atoms with Crippen LogP contribution in [0.15, 0.2) is 54.6 Å². The van der Waals surface area contributed by atoms with Crippen LogP contribution in [0.1, 0.15) is 48.8 Å². The van der Waals surface area contributed by atoms with E-state index in [1.54, 1.807) is 11.1 Å². The van der Waals surface area contributed by atoms with Gasteiger partial charge in [0.15, 0.2) is 0 Å². The fraction of sp³-hybridized carbons (Fsp3) is 0.400. The van der Waals surface area contributed by atoms with Crippen molar-refractivity contribution < 1.29 is 0 Å². The van der Waals surface area contributed by atoms with Gasteiger partial charge in [-0.25, -0.2) is 0 Å². The molecule has 1 aliphatic rings. The third-order valence-electron chi connectivity index (χ3n) is 4.89. The maximum absolute atomic E-state index is 3.71. The van der Waals surface area contributed by atoms with Gasteiger partial charge in [0.05, 0.1) is 0 Å². The Bertz CT molecular complexity index is 575. The Balaban J connectivity index is 1.71. The maximum atomic E-state index is 3.71. The van der Waals surface area contributed by atoms with Gasteiger partial charge < -0.3 is 5.32 Å². The van der Waals surface area contributed by atoms with Gasteiger partial charge in [0, 0.05) is 6.04 Å². The Morgan fingerprint density at radius 3 is 2.48 bits per heavy atom. The molecule has 1 N–H and O–H groups in total. The zero-order valence-electron chi connectivity index (χ0n) is 13.0. The van der Waals surface area contributed by atoms with E-state index in [0.717, 1.165) is 12.5 Å². The van der Waals surface area contributed by atoms with Crippen molar-refractivity contribution in [2.75, 3.05) is 6.54 Å². The minimum atomic E-state index is 0.552. The van der Waals surface area contributed by atoms with E-state index < -0.39 is 0 Å². The molecule has 0 heterocycles. The van der Waals surface area contributed by atoms with Crippen molar-refractivity contribution >= 4 is 0 Å². The first-order valence-electron chi connectivity index (χ1n) is 8.15. The SMILES string of the molecule is CCNC(CC1Cc2ccccc21)C(C)c1ccccc1. The number of likely N-dealkylation sites (N-methyl/N-ethyl adjacent to an activating group) is 1. The number of rotatable bonds is 6. The number of hydrogen-bond donors (Lipinski definition) is 1. The molecule has 3 unspecified atom stereocenters. The standard InChI is InChI=1S/C20H25N/c1-3-21-20(15(2)16-9-5-4-6-10-16)14-18-13-17-11-7-8-12-19(17)18/h4-12,15,18,20-21H,3,13-14H2,1-2H3. The van der Waals surface area contributed by atoms with E-state index >= 15 is 0 Å². The van der Waals surface area contributed by atoms with Crippen molar-refractivity contribution in [1.29, 1.82) is 0 Å². The van der Waals surface area contributed by atoms with E-state index in [0.29, 0.717) is 12.0 Å². The van der Waals surface area contributed by atoms with Gasteiger partial charge in [0.25, 0.3) is 0 Å². The Kier molecular flexibility index (Phi) is 4.40. The largest absolute Gasteiger partial charge is 0.314 e. The molecule has 0 saturated heterocycles. The summed E-state index contributed by atoms with van der Waals surface area (Å²) >= 11 is 0. The minimum absolute atomic E-state index is 0.552. The second-order valence-electron chi connectivity index (χ2n) is 6.20. The van der Waals surface area contributed by atoms with Gasteiger partial charge in [-0.2, -0.15) is 0 Å². The van der Waals surface area contributed by atoms with Gasteiger partial charge in [0.2, 0.25) is 0 Å². The Morgan fingerprint density at radius 2 is 1.76 bits per heavy atom. The third kappa shape index (κ3) is 3.03. The molecule has 0 spiro atoms. The van der Waals surface area contributed by atoms with E-state index in [1.807, 2.05) is 0 Å². The molecule has 3 rings (SSSR count). The average Bonchev–Trinajstić information content (AvgIpc) is 2.52. The molecule has 1 nitrogen and oxygen atoms in total. The van der Waals surface area contributed by atoms with Crippen LogP contribution in [0.3, 0.4) is 0 Å². The van der Waals surface area contributed by atoms with Crippen molar-refractivity contribution in [2.45, 2.75) is 44.6 Å². The van der Waals surface area contributed by atoms with Gasteiger partial charge in [0.1, 0.15) is 0 Å². The molecule has 1 aliphatic carbocycles. The third-order valence-corrected chi connectivity index (χ3v) is 4.89. The molecule has 110 valence electrons. The van der Waals surface area contributed by atoms with Gasteiger partial charge in [-0.3, -0.25) is 0 Å². The molecule has 0 aromatic heterocycles. The monoisotopic (exact) mass is 279 g/mol. The molecule has 21 heavy (non-hydrogen) atoms. The first-order chi connectivity index (χ1) is 10.3. The zero-order valence-corrected chi connectivity index (χ0v) is 13.0. The highest BCUT2D eigenvalue weighted by Crippen LogP contribution is 2.39. The van der Waals surface area contributed by atoms with E-state index in [4.69, 9.17) is 0 Å². The van der Waals surface area contributed by atoms with Crippen LogP contribution in [-0.4, -0.2) is 12.6 Å². The van der Waals surface area contributed by atoms with Crippen LogP contribution in [0.2, 0.25) is 0 Å². The second kappa shape index (κ2) is 6.44. The van der Waals surface area contributed by atoms with Crippen molar-refractivity contribution in [3.63, 3.8) is 0 Å². The van der Waals surface area contributed by atoms with Gasteiger partial charge in [-0.15, -0.1) is 0 Å². The Morgan fingerprint density at radius 1 is 1.05 bits per heavy atom. The number of fused-ring (bicyclic) bond motifs is 1. The molecule has 0 bridgehead atoms. The van der Waals surface area contributed by atoms with Crippen LogP contribution in [0, 0.1) is 0 Å². The van der Waals surface area contributed by atoms with Crippen LogP contribution in [0.25, 0.3) is 0 Å². The van der Waals surface area contributed by atoms with Gasteiger partial charge in [-0.1, -0.05) is 68.4 Å². The summed E-state index contributed by atoms with van der Waals surface area (Å²) in [7, 11) is 0. The quantitative estimate of drug-likeness (QED) is 0.821. The van der Waals surface area contributed by atoms with Crippen molar-refractivity contribution in [2.24, 2.45) is 0 Å². The van der Waals surface area contributed by atoms with Crippen LogP contribution in [0.4, 0.5) is 0 Å². The molecule has 0 radical (unpaired) electrons. The van der Waals surface area contributed by atoms with Crippen molar-refractivity contribution in [1.82, 2.24) is 5.32 Å². The summed E-state index contributed by atoms with van der Waals surface area (Å²) in [6, 6.07) is 20.4. The fourth-order valence-corrected chi connectivity index (χ4v) is 3.59. The average molecular weight is 279 g/mol. The fourth-order valence-electron chi connectivity index (χ4n) is 3.59. The Labute approximate surface area is 128 Å². The molecule has 2 aromatic rings. The molecule has 3 atom stereocenters. The lowest BCUT2D eigenvalue weighted by molar-refractivity contribution is 0.383. The van der Waals surface area contributed by atoms with Crippen LogP contribution in [0.5, 0.6) is 0 Å². The van der Waals surface area contributed by atoms with Crippen LogP contribution < -0.4 is 5.32 Å².